The average molecular weight is 367 g/mol. The van der Waals surface area contributed by atoms with Crippen LogP contribution < -0.4 is 5.32 Å². The first-order valence-corrected chi connectivity index (χ1v) is 9.74. The molecule has 1 amide bonds. The molecule has 3 heteroatoms. The number of carbonyl (C=O) groups excluding carboxylic acids is 1. The lowest BCUT2D eigenvalue weighted by Gasteiger charge is -2.20. The minimum atomic E-state index is -0.201. The number of pyridine rings is 1. The molecule has 0 saturated heterocycles. The molecule has 0 spiro atoms. The first kappa shape index (κ1) is 18.2. The lowest BCUT2D eigenvalue weighted by atomic mass is 9.87. The Morgan fingerprint density at radius 1 is 1.07 bits per heavy atom. The molecule has 1 atom stereocenters. The number of nitrogens with one attached hydrogen (secondary N) is 1. The van der Waals surface area contributed by atoms with Crippen molar-refractivity contribution in [1.82, 2.24) is 10.3 Å². The minimum Gasteiger partial charge on any atom is -0.345 e. The van der Waals surface area contributed by atoms with Gasteiger partial charge in [0, 0.05) is 18.8 Å². The molecule has 139 valence electrons. The van der Waals surface area contributed by atoms with Gasteiger partial charge in [-0.2, -0.15) is 0 Å². The molecule has 0 aliphatic heterocycles. The van der Waals surface area contributed by atoms with Gasteiger partial charge in [-0.1, -0.05) is 60.7 Å². The summed E-state index contributed by atoms with van der Waals surface area (Å²) in [5.74, 6) is 0.0113. The summed E-state index contributed by atoms with van der Waals surface area (Å²) >= 11 is 0. The molecule has 2 aromatic carbocycles. The molecule has 1 aromatic heterocycles. The quantitative estimate of drug-likeness (QED) is 0.697. The third-order valence-corrected chi connectivity index (χ3v) is 5.15. The number of hydrogen-bond acceptors (Lipinski definition) is 2. The zero-order valence-electron chi connectivity index (χ0n) is 15.8. The van der Waals surface area contributed by atoms with E-state index in [0.717, 1.165) is 30.4 Å². The van der Waals surface area contributed by atoms with Gasteiger partial charge in [0.05, 0.1) is 6.04 Å². The van der Waals surface area contributed by atoms with Crippen molar-refractivity contribution in [2.75, 3.05) is 0 Å². The Labute approximate surface area is 166 Å². The van der Waals surface area contributed by atoms with Crippen LogP contribution in [0.15, 0.2) is 79.1 Å². The van der Waals surface area contributed by atoms with E-state index >= 15 is 0 Å². The van der Waals surface area contributed by atoms with Crippen molar-refractivity contribution in [2.45, 2.75) is 31.7 Å². The van der Waals surface area contributed by atoms with E-state index in [9.17, 15) is 4.79 Å². The zero-order chi connectivity index (χ0) is 19.2. The SMILES string of the molecule is O=C(C/C=C1\CCCc2[c]cccc21)NC(c1ccccc1)c1cccnc1. The fourth-order valence-electron chi connectivity index (χ4n) is 3.77. The van der Waals surface area contributed by atoms with E-state index in [1.165, 1.54) is 16.7 Å². The summed E-state index contributed by atoms with van der Waals surface area (Å²) in [5, 5.41) is 3.18. The highest BCUT2D eigenvalue weighted by atomic mass is 16.1. The smallest absolute Gasteiger partial charge is 0.224 e. The van der Waals surface area contributed by atoms with E-state index in [0.29, 0.717) is 6.42 Å². The predicted molar refractivity (Wildman–Crippen MR) is 111 cm³/mol. The van der Waals surface area contributed by atoms with Gasteiger partial charge in [-0.3, -0.25) is 9.78 Å². The Kier molecular flexibility index (Phi) is 5.62. The van der Waals surface area contributed by atoms with Crippen LogP contribution in [0.25, 0.3) is 5.57 Å². The van der Waals surface area contributed by atoms with Gasteiger partial charge in [0.1, 0.15) is 0 Å². The Bertz CT molecular complexity index is 925. The molecule has 28 heavy (non-hydrogen) atoms. The highest BCUT2D eigenvalue weighted by molar-refractivity contribution is 5.81. The molecule has 3 nitrogen and oxygen atoms in total. The van der Waals surface area contributed by atoms with E-state index < -0.39 is 0 Å². The molecule has 1 aliphatic rings. The first-order chi connectivity index (χ1) is 13.8. The number of fused-ring (bicyclic) bond motifs is 1. The van der Waals surface area contributed by atoms with Crippen LogP contribution in [0.3, 0.4) is 0 Å². The second-order valence-electron chi connectivity index (χ2n) is 7.05. The van der Waals surface area contributed by atoms with Crippen molar-refractivity contribution in [3.8, 4) is 0 Å². The van der Waals surface area contributed by atoms with Gasteiger partial charge >= 0.3 is 0 Å². The molecular weight excluding hydrogens is 344 g/mol. The molecule has 1 radical (unpaired) electrons. The zero-order valence-corrected chi connectivity index (χ0v) is 15.8. The van der Waals surface area contributed by atoms with Gasteiger partial charge in [0.2, 0.25) is 5.91 Å². The standard InChI is InChI=1S/C25H23N2O/c28-24(16-15-20-12-6-11-19-8-4-5-14-23(19)20)27-25(21-9-2-1-3-10-21)22-13-7-17-26-18-22/h1-5,7,9-10,13-15,17-18,25H,6,11-12,16H2,(H,27,28)/b20-15+. The Hall–Kier alpha value is -3.20. The van der Waals surface area contributed by atoms with E-state index in [4.69, 9.17) is 0 Å². The summed E-state index contributed by atoms with van der Waals surface area (Å²) in [6.07, 6.45) is 9.20. The number of benzene rings is 2. The highest BCUT2D eigenvalue weighted by Gasteiger charge is 2.17. The monoisotopic (exact) mass is 367 g/mol. The van der Waals surface area contributed by atoms with Gasteiger partial charge in [0.15, 0.2) is 0 Å². The van der Waals surface area contributed by atoms with E-state index in [-0.39, 0.29) is 11.9 Å². The maximum atomic E-state index is 12.8. The van der Waals surface area contributed by atoms with Crippen LogP contribution in [-0.4, -0.2) is 10.9 Å². The molecular formula is C25H23N2O. The highest BCUT2D eigenvalue weighted by Crippen LogP contribution is 2.30. The van der Waals surface area contributed by atoms with Crippen LogP contribution in [0.1, 0.15) is 47.6 Å². The van der Waals surface area contributed by atoms with Crippen molar-refractivity contribution in [1.29, 1.82) is 0 Å². The lowest BCUT2D eigenvalue weighted by Crippen LogP contribution is -2.28. The molecule has 0 bridgehead atoms. The summed E-state index contributed by atoms with van der Waals surface area (Å²) in [6.45, 7) is 0. The molecule has 1 heterocycles. The molecule has 1 unspecified atom stereocenters. The Morgan fingerprint density at radius 3 is 2.75 bits per heavy atom. The number of aromatic nitrogens is 1. The summed E-state index contributed by atoms with van der Waals surface area (Å²) in [4.78, 5) is 17.0. The van der Waals surface area contributed by atoms with Gasteiger partial charge < -0.3 is 5.32 Å². The maximum Gasteiger partial charge on any atom is 0.224 e. The Morgan fingerprint density at radius 2 is 1.93 bits per heavy atom. The molecule has 4 rings (SSSR count). The van der Waals surface area contributed by atoms with Gasteiger partial charge in [-0.15, -0.1) is 0 Å². The number of rotatable bonds is 5. The summed E-state index contributed by atoms with van der Waals surface area (Å²) in [6, 6.07) is 23.2. The number of amides is 1. The fourth-order valence-corrected chi connectivity index (χ4v) is 3.77. The minimum absolute atomic E-state index is 0.0113. The van der Waals surface area contributed by atoms with Crippen LogP contribution in [0, 0.1) is 6.07 Å². The number of aryl methyl sites for hydroxylation is 1. The average Bonchev–Trinajstić information content (AvgIpc) is 2.77. The predicted octanol–water partition coefficient (Wildman–Crippen LogP) is 4.90. The number of carbonyl (C=O) groups is 1. The van der Waals surface area contributed by atoms with Gasteiger partial charge in [0.25, 0.3) is 0 Å². The number of nitrogens with zero attached hydrogens (tertiary/aromatic N) is 1. The van der Waals surface area contributed by atoms with E-state index in [2.05, 4.69) is 28.5 Å². The lowest BCUT2D eigenvalue weighted by molar-refractivity contribution is -0.120. The van der Waals surface area contributed by atoms with Crippen LogP contribution in [0.5, 0.6) is 0 Å². The van der Waals surface area contributed by atoms with Gasteiger partial charge in [-0.25, -0.2) is 0 Å². The topological polar surface area (TPSA) is 42.0 Å². The molecule has 1 N–H and O–H groups in total. The maximum absolute atomic E-state index is 12.8. The fraction of sp³-hybridized carbons (Fsp3) is 0.200. The summed E-state index contributed by atoms with van der Waals surface area (Å²) in [7, 11) is 0. The first-order valence-electron chi connectivity index (χ1n) is 9.74. The van der Waals surface area contributed by atoms with Crippen molar-refractivity contribution in [2.24, 2.45) is 0 Å². The molecule has 3 aromatic rings. The van der Waals surface area contributed by atoms with Crippen LogP contribution in [-0.2, 0) is 11.2 Å². The molecule has 1 aliphatic carbocycles. The van der Waals surface area contributed by atoms with Crippen molar-refractivity contribution in [3.63, 3.8) is 0 Å². The second-order valence-corrected chi connectivity index (χ2v) is 7.05. The molecule has 0 saturated carbocycles. The van der Waals surface area contributed by atoms with Crippen molar-refractivity contribution < 1.29 is 4.79 Å². The van der Waals surface area contributed by atoms with Crippen LogP contribution in [0.2, 0.25) is 0 Å². The number of allylic oxidation sites excluding steroid dienone is 1. The van der Waals surface area contributed by atoms with Crippen LogP contribution in [0.4, 0.5) is 0 Å². The normalized spacial score (nSPS) is 15.6. The third-order valence-electron chi connectivity index (χ3n) is 5.15. The van der Waals surface area contributed by atoms with Crippen LogP contribution >= 0.6 is 0 Å². The largest absolute Gasteiger partial charge is 0.345 e. The van der Waals surface area contributed by atoms with Crippen molar-refractivity contribution in [3.05, 3.63) is 107 Å². The van der Waals surface area contributed by atoms with Crippen molar-refractivity contribution >= 4 is 11.5 Å². The van der Waals surface area contributed by atoms with E-state index in [1.54, 1.807) is 6.20 Å². The number of hydrogen-bond donors (Lipinski definition) is 1. The molecule has 0 fully saturated rings. The van der Waals surface area contributed by atoms with Gasteiger partial charge in [-0.05, 0) is 59.2 Å². The van der Waals surface area contributed by atoms with E-state index in [1.807, 2.05) is 60.8 Å². The second kappa shape index (κ2) is 8.66. The summed E-state index contributed by atoms with van der Waals surface area (Å²) in [5.41, 5.74) is 5.79. The Balaban J connectivity index is 1.52. The third kappa shape index (κ3) is 4.20. The summed E-state index contributed by atoms with van der Waals surface area (Å²) < 4.78 is 0.